The molecule has 3 atom stereocenters. The summed E-state index contributed by atoms with van der Waals surface area (Å²) < 4.78 is 22.4. The third kappa shape index (κ3) is 4.94. The Morgan fingerprint density at radius 2 is 1.64 bits per heavy atom. The van der Waals surface area contributed by atoms with Gasteiger partial charge >= 0.3 is 0 Å². The maximum absolute atomic E-state index is 14.1. The fraction of sp³-hybridized carbons (Fsp3) is 0.333. The van der Waals surface area contributed by atoms with Gasteiger partial charge in [0.15, 0.2) is 17.6 Å². The van der Waals surface area contributed by atoms with Crippen LogP contribution in [0.15, 0.2) is 60.7 Å². The molecule has 2 fully saturated rings. The first-order chi connectivity index (χ1) is 20.3. The van der Waals surface area contributed by atoms with Gasteiger partial charge in [-0.05, 0) is 48.9 Å². The fourth-order valence-electron chi connectivity index (χ4n) is 5.34. The molecule has 3 aromatic carbocycles. The number of hydroxylamine groups is 1. The highest BCUT2D eigenvalue weighted by molar-refractivity contribution is 6.24. The minimum absolute atomic E-state index is 0.174. The number of ether oxygens (including phenoxy) is 4. The van der Waals surface area contributed by atoms with Crippen LogP contribution in [0.5, 0.6) is 23.0 Å². The molecule has 0 radical (unpaired) electrons. The van der Waals surface area contributed by atoms with E-state index < -0.39 is 34.8 Å². The second-order valence-electron chi connectivity index (χ2n) is 9.73. The molecule has 3 aromatic rings. The first kappa shape index (κ1) is 28.7. The number of benzene rings is 3. The number of hydrogen-bond acceptors (Lipinski definition) is 10. The van der Waals surface area contributed by atoms with Crippen LogP contribution in [0, 0.1) is 16.0 Å². The van der Waals surface area contributed by atoms with Crippen molar-refractivity contribution in [2.45, 2.75) is 31.9 Å². The van der Waals surface area contributed by atoms with E-state index in [1.165, 1.54) is 44.6 Å². The van der Waals surface area contributed by atoms with E-state index >= 15 is 0 Å². The van der Waals surface area contributed by atoms with Gasteiger partial charge in [0.2, 0.25) is 11.7 Å². The zero-order valence-corrected chi connectivity index (χ0v) is 23.6. The van der Waals surface area contributed by atoms with Gasteiger partial charge in [-0.25, -0.2) is 9.96 Å². The zero-order valence-electron chi connectivity index (χ0n) is 23.6. The van der Waals surface area contributed by atoms with Crippen LogP contribution < -0.4 is 28.9 Å². The summed E-state index contributed by atoms with van der Waals surface area (Å²) in [4.78, 5) is 46.1. The maximum Gasteiger partial charge on any atom is 0.271 e. The predicted octanol–water partition coefficient (Wildman–Crippen LogP) is 4.85. The number of carbonyl (C=O) groups excluding carboxylic acids is 2. The summed E-state index contributed by atoms with van der Waals surface area (Å²) in [6, 6.07) is 15.0. The lowest BCUT2D eigenvalue weighted by Gasteiger charge is -2.30. The van der Waals surface area contributed by atoms with Crippen molar-refractivity contribution < 1.29 is 38.3 Å². The quantitative estimate of drug-likeness (QED) is 0.135. The maximum atomic E-state index is 14.1. The Labute approximate surface area is 242 Å². The molecule has 0 spiro atoms. The van der Waals surface area contributed by atoms with E-state index in [0.717, 1.165) is 17.7 Å². The van der Waals surface area contributed by atoms with E-state index in [9.17, 15) is 19.7 Å². The zero-order chi connectivity index (χ0) is 30.0. The first-order valence-electron chi connectivity index (χ1n) is 13.4. The normalized spacial score (nSPS) is 19.6. The standard InChI is InChI=1S/C30H31N3O9/c1-5-6-16-41-21-12-10-18(11-13-21)31-29(34)24-25(22-14-15-23(38-2)27(40-4)26(22)39-3)32(42-28(24)30(31)35)19-8-7-9-20(17-19)33(36)37/h7-15,17,24-25,28H,5-6,16H2,1-4H3/t24-,25+,28-/m0/s1. The smallest absolute Gasteiger partial charge is 0.271 e. The lowest BCUT2D eigenvalue weighted by atomic mass is 9.89. The largest absolute Gasteiger partial charge is 0.494 e. The number of fused-ring (bicyclic) bond motifs is 1. The van der Waals surface area contributed by atoms with E-state index in [1.807, 2.05) is 0 Å². The minimum Gasteiger partial charge on any atom is -0.494 e. The molecule has 2 saturated heterocycles. The molecule has 0 aliphatic carbocycles. The summed E-state index contributed by atoms with van der Waals surface area (Å²) in [6.07, 6.45) is 0.713. The second-order valence-corrected chi connectivity index (χ2v) is 9.73. The van der Waals surface area contributed by atoms with Gasteiger partial charge in [0, 0.05) is 17.7 Å². The van der Waals surface area contributed by atoms with Crippen molar-refractivity contribution in [3.05, 3.63) is 76.3 Å². The van der Waals surface area contributed by atoms with Crippen LogP contribution in [0.2, 0.25) is 0 Å². The third-order valence-electron chi connectivity index (χ3n) is 7.33. The number of hydrogen-bond donors (Lipinski definition) is 0. The molecule has 2 aliphatic rings. The molecule has 0 unspecified atom stereocenters. The number of nitro groups is 1. The topological polar surface area (TPSA) is 130 Å². The Bertz CT molecular complexity index is 1490. The number of rotatable bonds is 11. The SMILES string of the molecule is CCCCOc1ccc(N2C(=O)[C@@H]3[C@H](ON(c4cccc([N+](=O)[O-])c4)[C@@H]3c3ccc(OC)c(OC)c3OC)C2=O)cc1. The molecule has 42 heavy (non-hydrogen) atoms. The molecular formula is C30H31N3O9. The molecule has 0 saturated carbocycles. The van der Waals surface area contributed by atoms with Crippen molar-refractivity contribution in [2.75, 3.05) is 37.9 Å². The highest BCUT2D eigenvalue weighted by Crippen LogP contribution is 2.53. The second kappa shape index (κ2) is 12.0. The molecule has 12 nitrogen and oxygen atoms in total. The predicted molar refractivity (Wildman–Crippen MR) is 152 cm³/mol. The number of nitro benzene ring substituents is 1. The van der Waals surface area contributed by atoms with Crippen molar-refractivity contribution in [1.29, 1.82) is 0 Å². The Hall–Kier alpha value is -4.84. The molecule has 220 valence electrons. The Morgan fingerprint density at radius 3 is 2.29 bits per heavy atom. The molecule has 0 aromatic heterocycles. The number of anilines is 2. The fourth-order valence-corrected chi connectivity index (χ4v) is 5.34. The average molecular weight is 578 g/mol. The Kier molecular flexibility index (Phi) is 8.16. The number of amides is 2. The summed E-state index contributed by atoms with van der Waals surface area (Å²) >= 11 is 0. The van der Waals surface area contributed by atoms with Gasteiger partial charge in [-0.2, -0.15) is 0 Å². The van der Waals surface area contributed by atoms with Gasteiger partial charge in [0.25, 0.3) is 11.6 Å². The number of methoxy groups -OCH3 is 3. The van der Waals surface area contributed by atoms with Crippen LogP contribution in [0.4, 0.5) is 17.1 Å². The Morgan fingerprint density at radius 1 is 0.905 bits per heavy atom. The first-order valence-corrected chi connectivity index (χ1v) is 13.4. The van der Waals surface area contributed by atoms with E-state index in [1.54, 1.807) is 42.5 Å². The van der Waals surface area contributed by atoms with Crippen LogP contribution in [0.25, 0.3) is 0 Å². The highest BCUT2D eigenvalue weighted by Gasteiger charge is 2.61. The summed E-state index contributed by atoms with van der Waals surface area (Å²) in [5, 5.41) is 12.9. The summed E-state index contributed by atoms with van der Waals surface area (Å²) in [5.74, 6) is -0.466. The molecular weight excluding hydrogens is 546 g/mol. The van der Waals surface area contributed by atoms with Gasteiger partial charge in [0.1, 0.15) is 17.7 Å². The summed E-state index contributed by atoms with van der Waals surface area (Å²) in [7, 11) is 4.39. The van der Waals surface area contributed by atoms with Gasteiger partial charge < -0.3 is 18.9 Å². The summed E-state index contributed by atoms with van der Waals surface area (Å²) in [5.41, 5.74) is 0.968. The van der Waals surface area contributed by atoms with Crippen LogP contribution in [-0.4, -0.2) is 50.8 Å². The van der Waals surface area contributed by atoms with E-state index in [0.29, 0.717) is 35.0 Å². The lowest BCUT2D eigenvalue weighted by molar-refractivity contribution is -0.384. The molecule has 2 aliphatic heterocycles. The number of nitrogens with zero attached hydrogens (tertiary/aromatic N) is 3. The molecule has 2 heterocycles. The molecule has 5 rings (SSSR count). The number of unbranched alkanes of at least 4 members (excludes halogenated alkanes) is 1. The molecule has 0 N–H and O–H groups in total. The van der Waals surface area contributed by atoms with Crippen LogP contribution >= 0.6 is 0 Å². The van der Waals surface area contributed by atoms with E-state index in [-0.39, 0.29) is 17.2 Å². The van der Waals surface area contributed by atoms with Crippen molar-refractivity contribution in [3.63, 3.8) is 0 Å². The van der Waals surface area contributed by atoms with Gasteiger partial charge in [0.05, 0.1) is 44.2 Å². The molecule has 2 amide bonds. The van der Waals surface area contributed by atoms with Crippen molar-refractivity contribution in [2.24, 2.45) is 5.92 Å². The number of imide groups is 1. The summed E-state index contributed by atoms with van der Waals surface area (Å²) in [6.45, 7) is 2.64. The van der Waals surface area contributed by atoms with Crippen molar-refractivity contribution >= 4 is 28.9 Å². The van der Waals surface area contributed by atoms with Crippen LogP contribution in [-0.2, 0) is 14.4 Å². The molecule has 0 bridgehead atoms. The van der Waals surface area contributed by atoms with E-state index in [2.05, 4.69) is 6.92 Å². The van der Waals surface area contributed by atoms with Crippen LogP contribution in [0.3, 0.4) is 0 Å². The highest BCUT2D eigenvalue weighted by atomic mass is 16.7. The van der Waals surface area contributed by atoms with Crippen molar-refractivity contribution in [1.82, 2.24) is 0 Å². The number of non-ortho nitro benzene ring substituents is 1. The molecule has 12 heteroatoms. The van der Waals surface area contributed by atoms with Crippen molar-refractivity contribution in [3.8, 4) is 23.0 Å². The lowest BCUT2D eigenvalue weighted by Crippen LogP contribution is -2.37. The third-order valence-corrected chi connectivity index (χ3v) is 7.33. The van der Waals surface area contributed by atoms with Gasteiger partial charge in [-0.15, -0.1) is 0 Å². The van der Waals surface area contributed by atoms with Crippen LogP contribution in [0.1, 0.15) is 31.4 Å². The van der Waals surface area contributed by atoms with E-state index in [4.69, 9.17) is 23.8 Å². The minimum atomic E-state index is -1.19. The average Bonchev–Trinajstić information content (AvgIpc) is 3.52. The monoisotopic (exact) mass is 577 g/mol. The van der Waals surface area contributed by atoms with Gasteiger partial charge in [-0.1, -0.05) is 19.4 Å². The Balaban J connectivity index is 1.58. The number of carbonyl (C=O) groups is 2. The van der Waals surface area contributed by atoms with Gasteiger partial charge in [-0.3, -0.25) is 24.5 Å².